The molecule has 108 valence electrons. The van der Waals surface area contributed by atoms with Gasteiger partial charge in [-0.15, -0.1) is 0 Å². The maximum atomic E-state index is 12.2. The van der Waals surface area contributed by atoms with Crippen LogP contribution >= 0.6 is 0 Å². The van der Waals surface area contributed by atoms with Crippen LogP contribution in [0.1, 0.15) is 56.3 Å². The first-order valence-corrected chi connectivity index (χ1v) is 6.97. The first kappa shape index (κ1) is 15.9. The highest BCUT2D eigenvalue weighted by molar-refractivity contribution is 5.94. The third-order valence-corrected chi connectivity index (χ3v) is 3.00. The molecular weight excluding hydrogens is 240 g/mol. The molecule has 0 N–H and O–H groups in total. The van der Waals surface area contributed by atoms with E-state index in [0.29, 0.717) is 12.1 Å². The third-order valence-electron chi connectivity index (χ3n) is 3.00. The summed E-state index contributed by atoms with van der Waals surface area (Å²) in [5, 5.41) is 3.89. The number of aryl methyl sites for hydroxylation is 1. The molecule has 1 aromatic rings. The van der Waals surface area contributed by atoms with Crippen LogP contribution < -0.4 is 0 Å². The van der Waals surface area contributed by atoms with E-state index in [2.05, 4.69) is 30.8 Å². The van der Waals surface area contributed by atoms with Gasteiger partial charge in [-0.2, -0.15) is 0 Å². The van der Waals surface area contributed by atoms with Crippen LogP contribution in [0, 0.1) is 5.41 Å². The van der Waals surface area contributed by atoms with Crippen molar-refractivity contribution in [1.29, 1.82) is 0 Å². The second kappa shape index (κ2) is 6.85. The molecule has 1 aromatic heterocycles. The first-order valence-electron chi connectivity index (χ1n) is 6.97. The number of Topliss-reactive ketones (excluding diaryl/α,β-unsaturated/α-hetero) is 1. The minimum atomic E-state index is -0.0525. The highest BCUT2D eigenvalue weighted by Crippen LogP contribution is 2.23. The van der Waals surface area contributed by atoms with Gasteiger partial charge in [-0.3, -0.25) is 4.79 Å². The Morgan fingerprint density at radius 1 is 1.42 bits per heavy atom. The maximum Gasteiger partial charge on any atom is 0.185 e. The second-order valence-electron chi connectivity index (χ2n) is 6.28. The van der Waals surface area contributed by atoms with Gasteiger partial charge in [0.2, 0.25) is 0 Å². The van der Waals surface area contributed by atoms with Crippen molar-refractivity contribution >= 4 is 5.78 Å². The minimum absolute atomic E-state index is 0.0525. The smallest absolute Gasteiger partial charge is 0.185 e. The summed E-state index contributed by atoms with van der Waals surface area (Å²) >= 11 is 0. The summed E-state index contributed by atoms with van der Waals surface area (Å²) in [6.07, 6.45) is 3.53. The predicted molar refractivity (Wildman–Crippen MR) is 76.4 cm³/mol. The van der Waals surface area contributed by atoms with Crippen LogP contribution in [0.15, 0.2) is 10.6 Å². The van der Waals surface area contributed by atoms with E-state index in [4.69, 9.17) is 4.52 Å². The molecule has 4 heteroatoms. The topological polar surface area (TPSA) is 46.3 Å². The number of rotatable bonds is 8. The fourth-order valence-corrected chi connectivity index (χ4v) is 2.35. The number of unbranched alkanes of at least 4 members (excludes halogenated alkanes) is 1. The molecule has 0 aliphatic rings. The van der Waals surface area contributed by atoms with Gasteiger partial charge in [0.25, 0.3) is 0 Å². The lowest BCUT2D eigenvalue weighted by Gasteiger charge is -2.27. The van der Waals surface area contributed by atoms with E-state index in [1.54, 1.807) is 6.07 Å². The Morgan fingerprint density at radius 3 is 2.68 bits per heavy atom. The lowest BCUT2D eigenvalue weighted by Crippen LogP contribution is -2.30. The fraction of sp³-hybridized carbons (Fsp3) is 0.733. The summed E-state index contributed by atoms with van der Waals surface area (Å²) < 4.78 is 5.20. The van der Waals surface area contributed by atoms with Crippen LogP contribution in [0.3, 0.4) is 0 Å². The Balaban J connectivity index is 2.60. The Kier molecular flexibility index (Phi) is 5.73. The molecule has 0 aromatic carbocycles. The molecule has 0 saturated heterocycles. The van der Waals surface area contributed by atoms with Crippen LogP contribution in [0.4, 0.5) is 0 Å². The van der Waals surface area contributed by atoms with E-state index in [9.17, 15) is 4.79 Å². The molecule has 0 bridgehead atoms. The van der Waals surface area contributed by atoms with Crippen molar-refractivity contribution in [3.05, 3.63) is 17.5 Å². The third kappa shape index (κ3) is 5.55. The zero-order chi connectivity index (χ0) is 14.5. The number of hydrogen-bond acceptors (Lipinski definition) is 4. The highest BCUT2D eigenvalue weighted by atomic mass is 16.5. The second-order valence-corrected chi connectivity index (χ2v) is 6.28. The average molecular weight is 266 g/mol. The van der Waals surface area contributed by atoms with Crippen LogP contribution in [-0.2, 0) is 6.42 Å². The van der Waals surface area contributed by atoms with E-state index >= 15 is 0 Å². The standard InChI is InChI=1S/C15H26N2O2/c1-6-7-8-12-9-13(16-19-12)14(18)10-15(2,3)11-17(4)5/h9H,6-8,10-11H2,1-5H3. The van der Waals surface area contributed by atoms with E-state index in [0.717, 1.165) is 31.6 Å². The molecule has 19 heavy (non-hydrogen) atoms. The summed E-state index contributed by atoms with van der Waals surface area (Å²) in [7, 11) is 4.04. The predicted octanol–water partition coefficient (Wildman–Crippen LogP) is 3.18. The first-order chi connectivity index (χ1) is 8.84. The zero-order valence-electron chi connectivity index (χ0n) is 12.8. The zero-order valence-corrected chi connectivity index (χ0v) is 12.8. The van der Waals surface area contributed by atoms with Gasteiger partial charge in [0.15, 0.2) is 5.78 Å². The van der Waals surface area contributed by atoms with Gasteiger partial charge >= 0.3 is 0 Å². The van der Waals surface area contributed by atoms with Crippen molar-refractivity contribution in [2.24, 2.45) is 5.41 Å². The Morgan fingerprint density at radius 2 is 2.11 bits per heavy atom. The van der Waals surface area contributed by atoms with Crippen LogP contribution in [0.25, 0.3) is 0 Å². The lowest BCUT2D eigenvalue weighted by atomic mass is 9.86. The monoisotopic (exact) mass is 266 g/mol. The molecule has 0 atom stereocenters. The molecular formula is C15H26N2O2. The van der Waals surface area contributed by atoms with Crippen molar-refractivity contribution in [1.82, 2.24) is 10.1 Å². The molecule has 0 saturated carbocycles. The highest BCUT2D eigenvalue weighted by Gasteiger charge is 2.25. The van der Waals surface area contributed by atoms with Gasteiger partial charge in [0, 0.05) is 25.5 Å². The molecule has 0 aliphatic carbocycles. The quantitative estimate of drug-likeness (QED) is 0.678. The number of hydrogen-bond donors (Lipinski definition) is 0. The molecule has 0 radical (unpaired) electrons. The number of ketones is 1. The van der Waals surface area contributed by atoms with Gasteiger partial charge < -0.3 is 9.42 Å². The van der Waals surface area contributed by atoms with Gasteiger partial charge in [-0.25, -0.2) is 0 Å². The number of aromatic nitrogens is 1. The summed E-state index contributed by atoms with van der Waals surface area (Å²) in [5.74, 6) is 0.883. The largest absolute Gasteiger partial charge is 0.361 e. The Labute approximate surface area is 116 Å². The molecule has 0 fully saturated rings. The van der Waals surface area contributed by atoms with Crippen molar-refractivity contribution in [3.63, 3.8) is 0 Å². The summed E-state index contributed by atoms with van der Waals surface area (Å²) in [6.45, 7) is 7.21. The molecule has 0 unspecified atom stereocenters. The van der Waals surface area contributed by atoms with Crippen molar-refractivity contribution in [2.75, 3.05) is 20.6 Å². The summed E-state index contributed by atoms with van der Waals surface area (Å²) in [4.78, 5) is 14.3. The number of carbonyl (C=O) groups is 1. The fourth-order valence-electron chi connectivity index (χ4n) is 2.35. The number of carbonyl (C=O) groups excluding carboxylic acids is 1. The van der Waals surface area contributed by atoms with E-state index < -0.39 is 0 Å². The molecule has 4 nitrogen and oxygen atoms in total. The van der Waals surface area contributed by atoms with Gasteiger partial charge in [-0.1, -0.05) is 32.3 Å². The van der Waals surface area contributed by atoms with E-state index in [-0.39, 0.29) is 11.2 Å². The Bertz CT molecular complexity index is 408. The van der Waals surface area contributed by atoms with Crippen LogP contribution in [-0.4, -0.2) is 36.5 Å². The minimum Gasteiger partial charge on any atom is -0.361 e. The van der Waals surface area contributed by atoms with Crippen LogP contribution in [0.5, 0.6) is 0 Å². The average Bonchev–Trinajstić information content (AvgIpc) is 2.72. The molecule has 0 spiro atoms. The normalized spacial score (nSPS) is 12.1. The van der Waals surface area contributed by atoms with Crippen molar-refractivity contribution in [3.8, 4) is 0 Å². The number of nitrogens with zero attached hydrogens (tertiary/aromatic N) is 2. The van der Waals surface area contributed by atoms with Gasteiger partial charge in [0.1, 0.15) is 11.5 Å². The lowest BCUT2D eigenvalue weighted by molar-refractivity contribution is 0.0902. The van der Waals surface area contributed by atoms with Crippen molar-refractivity contribution < 1.29 is 9.32 Å². The van der Waals surface area contributed by atoms with Crippen LogP contribution in [0.2, 0.25) is 0 Å². The van der Waals surface area contributed by atoms with E-state index in [1.807, 2.05) is 14.1 Å². The summed E-state index contributed by atoms with van der Waals surface area (Å²) in [5.41, 5.74) is 0.418. The molecule has 1 rings (SSSR count). The SMILES string of the molecule is CCCCc1cc(C(=O)CC(C)(C)CN(C)C)no1. The van der Waals surface area contributed by atoms with Gasteiger partial charge in [0.05, 0.1) is 0 Å². The van der Waals surface area contributed by atoms with Gasteiger partial charge in [-0.05, 0) is 25.9 Å². The molecule has 0 amide bonds. The van der Waals surface area contributed by atoms with Crippen molar-refractivity contribution in [2.45, 2.75) is 46.5 Å². The molecule has 0 aliphatic heterocycles. The summed E-state index contributed by atoms with van der Waals surface area (Å²) in [6, 6.07) is 1.80. The Hall–Kier alpha value is -1.16. The van der Waals surface area contributed by atoms with E-state index in [1.165, 1.54) is 0 Å². The molecule has 1 heterocycles. The maximum absolute atomic E-state index is 12.2.